The molecule has 2 aromatic rings. The van der Waals surface area contributed by atoms with Gasteiger partial charge in [0.05, 0.1) is 6.54 Å². The van der Waals surface area contributed by atoms with Crippen LogP contribution in [-0.4, -0.2) is 48.5 Å². The minimum atomic E-state index is 0.107. The fraction of sp³-hybridized carbons (Fsp3) is 0.368. The second kappa shape index (κ2) is 8.32. The van der Waals surface area contributed by atoms with Crippen LogP contribution < -0.4 is 10.2 Å². The molecule has 25 heavy (non-hydrogen) atoms. The van der Waals surface area contributed by atoms with Gasteiger partial charge in [-0.1, -0.05) is 29.8 Å². The zero-order valence-electron chi connectivity index (χ0n) is 14.4. The first-order valence-electron chi connectivity index (χ1n) is 8.56. The van der Waals surface area contributed by atoms with E-state index in [1.807, 2.05) is 47.4 Å². The predicted molar refractivity (Wildman–Crippen MR) is 101 cm³/mol. The number of hydrogen-bond donors (Lipinski definition) is 1. The Hall–Kier alpha value is -2.11. The summed E-state index contributed by atoms with van der Waals surface area (Å²) < 4.78 is 0. The Morgan fingerprint density at radius 2 is 1.88 bits per heavy atom. The molecule has 0 saturated carbocycles. The van der Waals surface area contributed by atoms with E-state index >= 15 is 0 Å². The molecule has 5 nitrogen and oxygen atoms in total. The van der Waals surface area contributed by atoms with Gasteiger partial charge in [-0.05, 0) is 36.8 Å². The van der Waals surface area contributed by atoms with Crippen LogP contribution in [0.1, 0.15) is 18.5 Å². The van der Waals surface area contributed by atoms with Crippen LogP contribution in [0.3, 0.4) is 0 Å². The maximum atomic E-state index is 12.4. The van der Waals surface area contributed by atoms with Gasteiger partial charge in [-0.15, -0.1) is 0 Å². The van der Waals surface area contributed by atoms with E-state index in [0.29, 0.717) is 6.54 Å². The van der Waals surface area contributed by atoms with Gasteiger partial charge in [0, 0.05) is 43.4 Å². The van der Waals surface area contributed by atoms with Gasteiger partial charge in [-0.3, -0.25) is 4.79 Å². The number of nitrogens with one attached hydrogen (secondary N) is 1. The standard InChI is InChI=1S/C19H23ClN4O/c1-15(16-5-7-17(20)8-6-16)22-14-19(25)24-12-10-23(11-13-24)18-4-2-3-9-21-18/h2-9,15,22H,10-14H2,1H3/t15-/m0/s1. The van der Waals surface area contributed by atoms with E-state index in [-0.39, 0.29) is 11.9 Å². The van der Waals surface area contributed by atoms with Crippen LogP contribution in [0.5, 0.6) is 0 Å². The normalized spacial score (nSPS) is 15.9. The molecular formula is C19H23ClN4O. The largest absolute Gasteiger partial charge is 0.353 e. The van der Waals surface area contributed by atoms with Gasteiger partial charge in [0.25, 0.3) is 0 Å². The number of aromatic nitrogens is 1. The van der Waals surface area contributed by atoms with Gasteiger partial charge < -0.3 is 15.1 Å². The Morgan fingerprint density at radius 3 is 2.52 bits per heavy atom. The van der Waals surface area contributed by atoms with Crippen molar-refractivity contribution >= 4 is 23.3 Å². The number of nitrogens with zero attached hydrogens (tertiary/aromatic N) is 3. The lowest BCUT2D eigenvalue weighted by Crippen LogP contribution is -2.51. The highest BCUT2D eigenvalue weighted by Gasteiger charge is 2.21. The first-order chi connectivity index (χ1) is 12.1. The van der Waals surface area contributed by atoms with Gasteiger partial charge in [0.1, 0.15) is 5.82 Å². The fourth-order valence-electron chi connectivity index (χ4n) is 2.95. The van der Waals surface area contributed by atoms with E-state index in [0.717, 1.165) is 42.6 Å². The lowest BCUT2D eigenvalue weighted by atomic mass is 10.1. The minimum absolute atomic E-state index is 0.107. The van der Waals surface area contributed by atoms with Crippen molar-refractivity contribution in [3.8, 4) is 0 Å². The van der Waals surface area contributed by atoms with Crippen molar-refractivity contribution < 1.29 is 4.79 Å². The van der Waals surface area contributed by atoms with Crippen molar-refractivity contribution in [3.05, 3.63) is 59.2 Å². The average Bonchev–Trinajstić information content (AvgIpc) is 2.67. The number of amides is 1. The van der Waals surface area contributed by atoms with Crippen molar-refractivity contribution in [3.63, 3.8) is 0 Å². The highest BCUT2D eigenvalue weighted by Crippen LogP contribution is 2.16. The van der Waals surface area contributed by atoms with E-state index in [9.17, 15) is 4.79 Å². The van der Waals surface area contributed by atoms with Crippen molar-refractivity contribution in [2.24, 2.45) is 0 Å². The van der Waals surface area contributed by atoms with Crippen molar-refractivity contribution in [2.45, 2.75) is 13.0 Å². The summed E-state index contributed by atoms with van der Waals surface area (Å²) in [5.74, 6) is 1.12. The number of benzene rings is 1. The second-order valence-corrected chi connectivity index (χ2v) is 6.65. The topological polar surface area (TPSA) is 48.5 Å². The minimum Gasteiger partial charge on any atom is -0.353 e. The van der Waals surface area contributed by atoms with Crippen LogP contribution in [-0.2, 0) is 4.79 Å². The molecule has 132 valence electrons. The molecule has 1 aromatic heterocycles. The first kappa shape index (κ1) is 17.7. The number of rotatable bonds is 5. The zero-order valence-corrected chi connectivity index (χ0v) is 15.1. The maximum Gasteiger partial charge on any atom is 0.236 e. The Kier molecular flexibility index (Phi) is 5.89. The fourth-order valence-corrected chi connectivity index (χ4v) is 3.07. The molecule has 6 heteroatoms. The third kappa shape index (κ3) is 4.71. The number of carbonyl (C=O) groups is 1. The summed E-state index contributed by atoms with van der Waals surface area (Å²) in [7, 11) is 0. The summed E-state index contributed by atoms with van der Waals surface area (Å²) in [6.45, 7) is 5.48. The second-order valence-electron chi connectivity index (χ2n) is 6.21. The number of piperazine rings is 1. The zero-order chi connectivity index (χ0) is 17.6. The van der Waals surface area contributed by atoms with Crippen LogP contribution in [0.2, 0.25) is 5.02 Å². The molecule has 1 aliphatic rings. The molecule has 1 N–H and O–H groups in total. The van der Waals surface area contributed by atoms with E-state index < -0.39 is 0 Å². The lowest BCUT2D eigenvalue weighted by molar-refractivity contribution is -0.130. The molecule has 1 fully saturated rings. The quantitative estimate of drug-likeness (QED) is 0.892. The summed E-state index contributed by atoms with van der Waals surface area (Å²) in [4.78, 5) is 20.9. The number of pyridine rings is 1. The number of halogens is 1. The van der Waals surface area contributed by atoms with E-state index in [4.69, 9.17) is 11.6 Å². The Morgan fingerprint density at radius 1 is 1.16 bits per heavy atom. The summed E-state index contributed by atoms with van der Waals surface area (Å²) in [6.07, 6.45) is 1.80. The molecule has 3 rings (SSSR count). The summed E-state index contributed by atoms with van der Waals surface area (Å²) >= 11 is 5.91. The van der Waals surface area contributed by atoms with Crippen LogP contribution in [0, 0.1) is 0 Å². The van der Waals surface area contributed by atoms with Crippen molar-refractivity contribution in [1.82, 2.24) is 15.2 Å². The number of hydrogen-bond acceptors (Lipinski definition) is 4. The molecule has 1 aliphatic heterocycles. The molecule has 0 bridgehead atoms. The van der Waals surface area contributed by atoms with Gasteiger partial charge in [-0.25, -0.2) is 4.98 Å². The van der Waals surface area contributed by atoms with Crippen molar-refractivity contribution in [2.75, 3.05) is 37.6 Å². The van der Waals surface area contributed by atoms with Crippen LogP contribution >= 0.6 is 11.6 Å². The van der Waals surface area contributed by atoms with Crippen molar-refractivity contribution in [1.29, 1.82) is 0 Å². The Balaban J connectivity index is 1.45. The molecule has 1 aromatic carbocycles. The molecule has 2 heterocycles. The molecule has 0 unspecified atom stereocenters. The molecule has 0 radical (unpaired) electrons. The van der Waals surface area contributed by atoms with Gasteiger partial charge in [0.2, 0.25) is 5.91 Å². The van der Waals surface area contributed by atoms with E-state index in [1.54, 1.807) is 6.20 Å². The number of anilines is 1. The highest BCUT2D eigenvalue weighted by atomic mass is 35.5. The monoisotopic (exact) mass is 358 g/mol. The SMILES string of the molecule is C[C@H](NCC(=O)N1CCN(c2ccccn2)CC1)c1ccc(Cl)cc1. The van der Waals surface area contributed by atoms with E-state index in [1.165, 1.54) is 0 Å². The molecular weight excluding hydrogens is 336 g/mol. The summed E-state index contributed by atoms with van der Waals surface area (Å²) in [5, 5.41) is 4.02. The number of carbonyl (C=O) groups excluding carboxylic acids is 1. The van der Waals surface area contributed by atoms with E-state index in [2.05, 4.69) is 22.1 Å². The van der Waals surface area contributed by atoms with Crippen LogP contribution in [0.15, 0.2) is 48.7 Å². The molecule has 0 spiro atoms. The highest BCUT2D eigenvalue weighted by molar-refractivity contribution is 6.30. The average molecular weight is 359 g/mol. The maximum absolute atomic E-state index is 12.4. The molecule has 1 saturated heterocycles. The van der Waals surface area contributed by atoms with Crippen LogP contribution in [0.25, 0.3) is 0 Å². The predicted octanol–water partition coefficient (Wildman–Crippen LogP) is 2.73. The van der Waals surface area contributed by atoms with Gasteiger partial charge in [0.15, 0.2) is 0 Å². The Bertz CT molecular complexity index is 684. The summed E-state index contributed by atoms with van der Waals surface area (Å²) in [6, 6.07) is 13.7. The lowest BCUT2D eigenvalue weighted by Gasteiger charge is -2.35. The van der Waals surface area contributed by atoms with Crippen LogP contribution in [0.4, 0.5) is 5.82 Å². The van der Waals surface area contributed by atoms with Gasteiger partial charge >= 0.3 is 0 Å². The third-order valence-electron chi connectivity index (χ3n) is 4.54. The molecule has 1 atom stereocenters. The summed E-state index contributed by atoms with van der Waals surface area (Å²) in [5.41, 5.74) is 1.12. The smallest absolute Gasteiger partial charge is 0.236 e. The molecule has 0 aliphatic carbocycles. The molecule has 1 amide bonds. The Labute approximate surface area is 153 Å². The first-order valence-corrected chi connectivity index (χ1v) is 8.94. The van der Waals surface area contributed by atoms with Gasteiger partial charge in [-0.2, -0.15) is 0 Å². The third-order valence-corrected chi connectivity index (χ3v) is 4.79.